The SMILES string of the molecule is CO[C@]1(C)O[C@@H]2[C@@H](O[C@@]1(C)OC)[C@@H]1OC(C)(C)OC[C@@]1(O)C[C@@H]2N. The first kappa shape index (κ1) is 18.5. The van der Waals surface area contributed by atoms with Gasteiger partial charge in [-0.3, -0.25) is 0 Å². The molecule has 3 aliphatic rings. The van der Waals surface area contributed by atoms with E-state index in [1.807, 2.05) is 0 Å². The molecule has 8 heteroatoms. The minimum Gasteiger partial charge on any atom is -0.385 e. The van der Waals surface area contributed by atoms with Gasteiger partial charge in [-0.15, -0.1) is 0 Å². The van der Waals surface area contributed by atoms with Gasteiger partial charge in [0.05, 0.1) is 6.61 Å². The van der Waals surface area contributed by atoms with Gasteiger partial charge in [-0.1, -0.05) is 0 Å². The van der Waals surface area contributed by atoms with E-state index in [-0.39, 0.29) is 13.0 Å². The molecule has 24 heavy (non-hydrogen) atoms. The van der Waals surface area contributed by atoms with Gasteiger partial charge in [0.25, 0.3) is 0 Å². The minimum absolute atomic E-state index is 0.121. The van der Waals surface area contributed by atoms with Crippen molar-refractivity contribution >= 4 is 0 Å². The molecule has 0 unspecified atom stereocenters. The Kier molecular flexibility index (Phi) is 4.30. The Labute approximate surface area is 142 Å². The predicted octanol–water partition coefficient (Wildman–Crippen LogP) is 0.109. The molecular formula is C16H29NO7. The van der Waals surface area contributed by atoms with Crippen LogP contribution < -0.4 is 5.73 Å². The molecular weight excluding hydrogens is 318 g/mol. The van der Waals surface area contributed by atoms with Crippen molar-refractivity contribution in [1.82, 2.24) is 0 Å². The zero-order valence-corrected chi connectivity index (χ0v) is 15.2. The summed E-state index contributed by atoms with van der Waals surface area (Å²) >= 11 is 0. The second-order valence-corrected chi connectivity index (χ2v) is 7.66. The van der Waals surface area contributed by atoms with E-state index in [2.05, 4.69) is 0 Å². The van der Waals surface area contributed by atoms with E-state index in [9.17, 15) is 5.11 Å². The molecule has 140 valence electrons. The molecule has 3 N–H and O–H groups in total. The Morgan fingerprint density at radius 1 is 0.958 bits per heavy atom. The number of hydrogen-bond donors (Lipinski definition) is 2. The Hall–Kier alpha value is -0.320. The van der Waals surface area contributed by atoms with E-state index in [1.165, 1.54) is 14.2 Å². The normalized spacial score (nSPS) is 54.0. The third kappa shape index (κ3) is 2.60. The zero-order chi connectivity index (χ0) is 18.0. The standard InChI is InChI=1S/C16H29NO7/c1-13(2)21-8-16(18)7-9(17)10-11(12(16)24-13)23-15(4,20-6)14(3,19-5)22-10/h9-12,18H,7-8,17H2,1-6H3/t9-,10-,11+,12-,14+,15+,16-/m0/s1. The molecule has 8 nitrogen and oxygen atoms in total. The number of nitrogens with two attached hydrogens (primary N) is 1. The molecule has 0 radical (unpaired) electrons. The van der Waals surface area contributed by atoms with Crippen molar-refractivity contribution in [2.24, 2.45) is 5.73 Å². The maximum atomic E-state index is 11.0. The van der Waals surface area contributed by atoms with Crippen LogP contribution in [0.5, 0.6) is 0 Å². The van der Waals surface area contributed by atoms with E-state index in [1.54, 1.807) is 27.7 Å². The molecule has 2 aliphatic heterocycles. The summed E-state index contributed by atoms with van der Waals surface area (Å²) in [6, 6.07) is -0.458. The first-order chi connectivity index (χ1) is 11.0. The highest BCUT2D eigenvalue weighted by atomic mass is 16.8. The molecule has 0 amide bonds. The van der Waals surface area contributed by atoms with Crippen LogP contribution in [-0.4, -0.2) is 73.2 Å². The fourth-order valence-corrected chi connectivity index (χ4v) is 3.80. The van der Waals surface area contributed by atoms with Crippen molar-refractivity contribution in [2.45, 2.75) is 81.4 Å². The highest BCUT2D eigenvalue weighted by Crippen LogP contribution is 2.48. The second-order valence-electron chi connectivity index (χ2n) is 7.66. The van der Waals surface area contributed by atoms with Crippen molar-refractivity contribution in [2.75, 3.05) is 20.8 Å². The van der Waals surface area contributed by atoms with Gasteiger partial charge >= 0.3 is 0 Å². The molecule has 2 heterocycles. The Bertz CT molecular complexity index is 503. The smallest absolute Gasteiger partial charge is 0.220 e. The molecule has 0 bridgehead atoms. The average molecular weight is 347 g/mol. The number of ether oxygens (including phenoxy) is 6. The van der Waals surface area contributed by atoms with Gasteiger partial charge in [-0.25, -0.2) is 0 Å². The van der Waals surface area contributed by atoms with Crippen molar-refractivity contribution in [3.05, 3.63) is 0 Å². The van der Waals surface area contributed by atoms with Crippen LogP contribution in [0.1, 0.15) is 34.1 Å². The molecule has 7 atom stereocenters. The van der Waals surface area contributed by atoms with E-state index in [4.69, 9.17) is 34.2 Å². The molecule has 0 aromatic heterocycles. The van der Waals surface area contributed by atoms with Crippen molar-refractivity contribution in [3.63, 3.8) is 0 Å². The van der Waals surface area contributed by atoms with Gasteiger partial charge in [0, 0.05) is 20.3 Å². The van der Waals surface area contributed by atoms with Crippen LogP contribution in [0, 0.1) is 0 Å². The summed E-state index contributed by atoms with van der Waals surface area (Å²) in [5, 5.41) is 11.0. The summed E-state index contributed by atoms with van der Waals surface area (Å²) in [6.07, 6.45) is -1.49. The largest absolute Gasteiger partial charge is 0.385 e. The van der Waals surface area contributed by atoms with Gasteiger partial charge in [0.15, 0.2) is 5.79 Å². The molecule has 3 fully saturated rings. The quantitative estimate of drug-likeness (QED) is 0.726. The summed E-state index contributed by atoms with van der Waals surface area (Å²) < 4.78 is 35.1. The number of fused-ring (bicyclic) bond motifs is 3. The predicted molar refractivity (Wildman–Crippen MR) is 83.0 cm³/mol. The maximum Gasteiger partial charge on any atom is 0.220 e. The van der Waals surface area contributed by atoms with Crippen LogP contribution in [0.25, 0.3) is 0 Å². The van der Waals surface area contributed by atoms with Gasteiger partial charge in [0.2, 0.25) is 11.6 Å². The summed E-state index contributed by atoms with van der Waals surface area (Å²) in [7, 11) is 3.05. The Balaban J connectivity index is 1.97. The second kappa shape index (κ2) is 5.59. The van der Waals surface area contributed by atoms with Gasteiger partial charge in [0.1, 0.15) is 23.9 Å². The summed E-state index contributed by atoms with van der Waals surface area (Å²) in [5.74, 6) is -3.17. The zero-order valence-electron chi connectivity index (χ0n) is 15.2. The number of methoxy groups -OCH3 is 2. The van der Waals surface area contributed by atoms with E-state index < -0.39 is 47.3 Å². The van der Waals surface area contributed by atoms with Crippen LogP contribution in [0.3, 0.4) is 0 Å². The molecule has 1 saturated carbocycles. The monoisotopic (exact) mass is 347 g/mol. The summed E-state index contributed by atoms with van der Waals surface area (Å²) in [6.45, 7) is 7.20. The average Bonchev–Trinajstić information content (AvgIpc) is 2.51. The Morgan fingerprint density at radius 3 is 2.04 bits per heavy atom. The number of hydrogen-bond acceptors (Lipinski definition) is 8. The first-order valence-corrected chi connectivity index (χ1v) is 8.25. The lowest BCUT2D eigenvalue weighted by molar-refractivity contribution is -0.478. The molecule has 3 rings (SSSR count). The minimum atomic E-state index is -1.24. The highest BCUT2D eigenvalue weighted by molar-refractivity contribution is 5.11. The van der Waals surface area contributed by atoms with Gasteiger partial charge in [-0.05, 0) is 34.1 Å². The highest BCUT2D eigenvalue weighted by Gasteiger charge is 2.66. The lowest BCUT2D eigenvalue weighted by Gasteiger charge is -2.60. The maximum absolute atomic E-state index is 11.0. The third-order valence-corrected chi connectivity index (χ3v) is 5.57. The van der Waals surface area contributed by atoms with Crippen LogP contribution in [-0.2, 0) is 28.4 Å². The number of aliphatic hydroxyl groups is 1. The van der Waals surface area contributed by atoms with Crippen molar-refractivity contribution in [3.8, 4) is 0 Å². The lowest BCUT2D eigenvalue weighted by Crippen LogP contribution is -2.78. The topological polar surface area (TPSA) is 102 Å². The van der Waals surface area contributed by atoms with E-state index >= 15 is 0 Å². The fourth-order valence-electron chi connectivity index (χ4n) is 3.80. The van der Waals surface area contributed by atoms with Crippen LogP contribution in [0.15, 0.2) is 0 Å². The number of rotatable bonds is 2. The van der Waals surface area contributed by atoms with Crippen LogP contribution >= 0.6 is 0 Å². The van der Waals surface area contributed by atoms with Crippen LogP contribution in [0.4, 0.5) is 0 Å². The molecule has 2 saturated heterocycles. The first-order valence-electron chi connectivity index (χ1n) is 8.25. The summed E-state index contributed by atoms with van der Waals surface area (Å²) in [4.78, 5) is 0. The van der Waals surface area contributed by atoms with Gasteiger partial charge in [-0.2, -0.15) is 0 Å². The summed E-state index contributed by atoms with van der Waals surface area (Å²) in [5.41, 5.74) is 5.04. The molecule has 0 aromatic rings. The Morgan fingerprint density at radius 2 is 1.50 bits per heavy atom. The van der Waals surface area contributed by atoms with E-state index in [0.717, 1.165) is 0 Å². The third-order valence-electron chi connectivity index (χ3n) is 5.57. The molecule has 1 aliphatic carbocycles. The van der Waals surface area contributed by atoms with Crippen LogP contribution in [0.2, 0.25) is 0 Å². The molecule has 0 spiro atoms. The lowest BCUT2D eigenvalue weighted by atomic mass is 9.74. The van der Waals surface area contributed by atoms with Gasteiger partial charge < -0.3 is 39.3 Å². The van der Waals surface area contributed by atoms with E-state index in [0.29, 0.717) is 0 Å². The molecule has 0 aromatic carbocycles. The van der Waals surface area contributed by atoms with Crippen molar-refractivity contribution in [1.29, 1.82) is 0 Å². The van der Waals surface area contributed by atoms with Crippen molar-refractivity contribution < 1.29 is 33.5 Å². The fraction of sp³-hybridized carbons (Fsp3) is 1.00.